The van der Waals surface area contributed by atoms with E-state index in [1.807, 2.05) is 0 Å². The number of carbonyl (C=O) groups excluding carboxylic acids is 1. The van der Waals surface area contributed by atoms with Gasteiger partial charge < -0.3 is 10.3 Å². The lowest BCUT2D eigenvalue weighted by molar-refractivity contribution is -0.119. The van der Waals surface area contributed by atoms with E-state index in [1.165, 1.54) is 19.1 Å². The molecule has 0 spiro atoms. The number of nitrogens with zero attached hydrogens (tertiary/aromatic N) is 1. The van der Waals surface area contributed by atoms with Gasteiger partial charge in [-0.3, -0.25) is 9.59 Å². The van der Waals surface area contributed by atoms with Crippen molar-refractivity contribution in [3.8, 4) is 0 Å². The van der Waals surface area contributed by atoms with Crippen molar-refractivity contribution in [2.24, 2.45) is 0 Å². The van der Waals surface area contributed by atoms with Crippen molar-refractivity contribution in [2.45, 2.75) is 13.0 Å². The van der Waals surface area contributed by atoms with Crippen molar-refractivity contribution in [1.82, 2.24) is 9.55 Å². The Labute approximate surface area is 145 Å². The SMILES string of the molecule is C[C@@H](C(=O)Nc1ccc(F)c(Cl)c1)n1c(=O)[nH]c2ccccc2c1=O. The minimum Gasteiger partial charge on any atom is -0.324 e. The molecule has 0 unspecified atom stereocenters. The second-order valence-electron chi connectivity index (χ2n) is 5.45. The van der Waals surface area contributed by atoms with E-state index in [-0.39, 0.29) is 10.7 Å². The molecule has 2 aromatic carbocycles. The van der Waals surface area contributed by atoms with E-state index < -0.39 is 29.0 Å². The fourth-order valence-corrected chi connectivity index (χ4v) is 2.65. The second-order valence-corrected chi connectivity index (χ2v) is 5.85. The van der Waals surface area contributed by atoms with Gasteiger partial charge in [-0.1, -0.05) is 23.7 Å². The van der Waals surface area contributed by atoms with Gasteiger partial charge in [-0.15, -0.1) is 0 Å². The third kappa shape index (κ3) is 3.18. The summed E-state index contributed by atoms with van der Waals surface area (Å²) in [6.07, 6.45) is 0. The normalized spacial score (nSPS) is 12.1. The number of halogens is 2. The van der Waals surface area contributed by atoms with Crippen LogP contribution in [0.4, 0.5) is 10.1 Å². The summed E-state index contributed by atoms with van der Waals surface area (Å²) in [6.45, 7) is 1.42. The Morgan fingerprint density at radius 2 is 1.96 bits per heavy atom. The van der Waals surface area contributed by atoms with E-state index in [0.29, 0.717) is 10.9 Å². The summed E-state index contributed by atoms with van der Waals surface area (Å²) in [7, 11) is 0. The molecule has 6 nitrogen and oxygen atoms in total. The number of anilines is 1. The molecule has 0 saturated carbocycles. The van der Waals surface area contributed by atoms with Crippen LogP contribution in [0, 0.1) is 5.82 Å². The number of H-pyrrole nitrogens is 1. The first-order chi connectivity index (χ1) is 11.9. The molecule has 25 heavy (non-hydrogen) atoms. The summed E-state index contributed by atoms with van der Waals surface area (Å²) < 4.78 is 14.0. The average molecular weight is 362 g/mol. The summed E-state index contributed by atoms with van der Waals surface area (Å²) in [5, 5.41) is 2.66. The molecule has 2 N–H and O–H groups in total. The Balaban J connectivity index is 1.97. The Bertz CT molecular complexity index is 1090. The van der Waals surface area contributed by atoms with E-state index in [2.05, 4.69) is 10.3 Å². The van der Waals surface area contributed by atoms with Crippen LogP contribution in [-0.4, -0.2) is 15.5 Å². The molecule has 3 rings (SSSR count). The van der Waals surface area contributed by atoms with Crippen LogP contribution in [0.1, 0.15) is 13.0 Å². The van der Waals surface area contributed by atoms with E-state index in [1.54, 1.807) is 24.3 Å². The molecule has 0 fully saturated rings. The fourth-order valence-electron chi connectivity index (χ4n) is 2.47. The molecule has 128 valence electrons. The Kier molecular flexibility index (Phi) is 4.41. The molecule has 0 bridgehead atoms. The third-order valence-corrected chi connectivity index (χ3v) is 4.08. The summed E-state index contributed by atoms with van der Waals surface area (Å²) >= 11 is 5.67. The van der Waals surface area contributed by atoms with Crippen LogP contribution < -0.4 is 16.6 Å². The second kappa shape index (κ2) is 6.52. The van der Waals surface area contributed by atoms with Crippen LogP contribution in [0.3, 0.4) is 0 Å². The number of benzene rings is 2. The fraction of sp³-hybridized carbons (Fsp3) is 0.118. The molecule has 1 atom stereocenters. The monoisotopic (exact) mass is 361 g/mol. The first kappa shape index (κ1) is 16.9. The van der Waals surface area contributed by atoms with Crippen molar-refractivity contribution in [2.75, 3.05) is 5.32 Å². The highest BCUT2D eigenvalue weighted by atomic mass is 35.5. The maximum atomic E-state index is 13.2. The zero-order valence-corrected chi connectivity index (χ0v) is 13.8. The van der Waals surface area contributed by atoms with Crippen LogP contribution >= 0.6 is 11.6 Å². The largest absolute Gasteiger partial charge is 0.329 e. The molecule has 0 aliphatic carbocycles. The van der Waals surface area contributed by atoms with E-state index in [0.717, 1.165) is 10.6 Å². The first-order valence-electron chi connectivity index (χ1n) is 7.38. The minimum absolute atomic E-state index is 0.147. The lowest BCUT2D eigenvalue weighted by Crippen LogP contribution is -2.41. The number of rotatable bonds is 3. The molecular formula is C17H13ClFN3O3. The Morgan fingerprint density at radius 3 is 2.68 bits per heavy atom. The molecular weight excluding hydrogens is 349 g/mol. The third-order valence-electron chi connectivity index (χ3n) is 3.79. The number of nitrogens with one attached hydrogen (secondary N) is 2. The zero-order valence-electron chi connectivity index (χ0n) is 13.0. The van der Waals surface area contributed by atoms with Gasteiger partial charge in [0.05, 0.1) is 15.9 Å². The molecule has 8 heteroatoms. The lowest BCUT2D eigenvalue weighted by atomic mass is 10.2. The molecule has 1 heterocycles. The lowest BCUT2D eigenvalue weighted by Gasteiger charge is -2.15. The van der Waals surface area contributed by atoms with Crippen LogP contribution in [-0.2, 0) is 4.79 Å². The van der Waals surface area contributed by atoms with Gasteiger partial charge in [0.2, 0.25) is 5.91 Å². The summed E-state index contributed by atoms with van der Waals surface area (Å²) in [4.78, 5) is 39.7. The van der Waals surface area contributed by atoms with Crippen LogP contribution in [0.2, 0.25) is 5.02 Å². The van der Waals surface area contributed by atoms with Gasteiger partial charge in [-0.2, -0.15) is 0 Å². The minimum atomic E-state index is -1.08. The van der Waals surface area contributed by atoms with Gasteiger partial charge in [-0.05, 0) is 37.3 Å². The number of amides is 1. The van der Waals surface area contributed by atoms with Gasteiger partial charge in [-0.25, -0.2) is 13.8 Å². The first-order valence-corrected chi connectivity index (χ1v) is 7.76. The predicted molar refractivity (Wildman–Crippen MR) is 93.6 cm³/mol. The van der Waals surface area contributed by atoms with Gasteiger partial charge >= 0.3 is 5.69 Å². The smallest absolute Gasteiger partial charge is 0.324 e. The Morgan fingerprint density at radius 1 is 1.24 bits per heavy atom. The standard InChI is InChI=1S/C17H13ClFN3O3/c1-9(15(23)20-10-6-7-13(19)12(18)8-10)22-16(24)11-4-2-3-5-14(11)21-17(22)25/h2-9H,1H3,(H,20,23)(H,21,25)/t9-/m0/s1. The van der Waals surface area contributed by atoms with E-state index in [4.69, 9.17) is 11.6 Å². The number of aromatic amines is 1. The molecule has 0 aliphatic rings. The number of aromatic nitrogens is 2. The molecule has 1 aromatic heterocycles. The van der Waals surface area contributed by atoms with Crippen LogP contribution in [0.25, 0.3) is 10.9 Å². The predicted octanol–water partition coefficient (Wildman–Crippen LogP) is 2.68. The zero-order chi connectivity index (χ0) is 18.1. The maximum Gasteiger partial charge on any atom is 0.329 e. The highest BCUT2D eigenvalue weighted by Gasteiger charge is 2.20. The topological polar surface area (TPSA) is 84.0 Å². The summed E-state index contributed by atoms with van der Waals surface area (Å²) in [5.74, 6) is -1.22. The van der Waals surface area contributed by atoms with Gasteiger partial charge in [0, 0.05) is 5.69 Å². The molecule has 0 saturated heterocycles. The Hall–Kier alpha value is -2.93. The molecule has 0 radical (unpaired) electrons. The number of carbonyl (C=O) groups is 1. The van der Waals surface area contributed by atoms with Crippen LogP contribution in [0.5, 0.6) is 0 Å². The van der Waals surface area contributed by atoms with Gasteiger partial charge in [0.15, 0.2) is 0 Å². The van der Waals surface area contributed by atoms with E-state index in [9.17, 15) is 18.8 Å². The number of para-hydroxylation sites is 1. The highest BCUT2D eigenvalue weighted by molar-refractivity contribution is 6.31. The molecule has 0 aliphatic heterocycles. The summed E-state index contributed by atoms with van der Waals surface area (Å²) in [5.41, 5.74) is -0.609. The van der Waals surface area contributed by atoms with Crippen molar-refractivity contribution in [3.63, 3.8) is 0 Å². The summed E-state index contributed by atoms with van der Waals surface area (Å²) in [6, 6.07) is 9.13. The van der Waals surface area contributed by atoms with Crippen molar-refractivity contribution in [3.05, 3.63) is 74.1 Å². The molecule has 3 aromatic rings. The van der Waals surface area contributed by atoms with Gasteiger partial charge in [0.25, 0.3) is 5.56 Å². The van der Waals surface area contributed by atoms with E-state index >= 15 is 0 Å². The highest BCUT2D eigenvalue weighted by Crippen LogP contribution is 2.20. The quantitative estimate of drug-likeness (QED) is 0.752. The van der Waals surface area contributed by atoms with Crippen molar-refractivity contribution >= 4 is 34.1 Å². The molecule has 1 amide bonds. The number of hydrogen-bond donors (Lipinski definition) is 2. The number of fused-ring (bicyclic) bond motifs is 1. The number of hydrogen-bond acceptors (Lipinski definition) is 3. The van der Waals surface area contributed by atoms with Gasteiger partial charge in [0.1, 0.15) is 11.9 Å². The van der Waals surface area contributed by atoms with Crippen molar-refractivity contribution in [1.29, 1.82) is 0 Å². The average Bonchev–Trinajstić information content (AvgIpc) is 2.58. The maximum absolute atomic E-state index is 13.2. The van der Waals surface area contributed by atoms with Crippen molar-refractivity contribution < 1.29 is 9.18 Å². The van der Waals surface area contributed by atoms with Crippen LogP contribution in [0.15, 0.2) is 52.1 Å².